The fraction of sp³-hybridized carbons (Fsp3) is 0.192. The van der Waals surface area contributed by atoms with Crippen molar-refractivity contribution >= 4 is 23.5 Å². The number of aryl methyl sites for hydroxylation is 1. The lowest BCUT2D eigenvalue weighted by molar-refractivity contribution is -0.146. The Morgan fingerprint density at radius 2 is 1.53 bits per heavy atom. The third-order valence-electron chi connectivity index (χ3n) is 4.59. The smallest absolute Gasteiger partial charge is 0.325 e. The number of ether oxygens (including phenoxy) is 3. The molecule has 176 valence electrons. The van der Waals surface area contributed by atoms with E-state index in [1.165, 1.54) is 0 Å². The molecule has 3 aromatic carbocycles. The second-order valence-corrected chi connectivity index (χ2v) is 7.26. The predicted molar refractivity (Wildman–Crippen MR) is 127 cm³/mol. The number of rotatable bonds is 10. The van der Waals surface area contributed by atoms with Crippen LogP contribution in [0.25, 0.3) is 0 Å². The Bertz CT molecular complexity index is 1130. The molecule has 0 saturated heterocycles. The quantitative estimate of drug-likeness (QED) is 0.440. The molecule has 0 saturated carbocycles. The molecule has 0 aliphatic rings. The highest BCUT2D eigenvalue weighted by Crippen LogP contribution is 2.29. The normalized spacial score (nSPS) is 10.2. The van der Waals surface area contributed by atoms with E-state index in [-0.39, 0.29) is 6.54 Å². The van der Waals surface area contributed by atoms with Crippen LogP contribution >= 0.6 is 0 Å². The van der Waals surface area contributed by atoms with Gasteiger partial charge in [-0.25, -0.2) is 0 Å². The van der Waals surface area contributed by atoms with Crippen LogP contribution in [-0.2, 0) is 14.3 Å². The molecular weight excluding hydrogens is 436 g/mol. The van der Waals surface area contributed by atoms with Crippen LogP contribution in [0, 0.1) is 6.92 Å². The summed E-state index contributed by atoms with van der Waals surface area (Å²) in [6.45, 7) is 3.49. The van der Waals surface area contributed by atoms with Gasteiger partial charge in [-0.1, -0.05) is 29.8 Å². The molecule has 0 fully saturated rings. The number of esters is 1. The highest BCUT2D eigenvalue weighted by atomic mass is 16.5. The molecule has 0 atom stereocenters. The van der Waals surface area contributed by atoms with Crippen LogP contribution in [0.4, 0.5) is 5.69 Å². The Morgan fingerprint density at radius 3 is 2.24 bits per heavy atom. The minimum atomic E-state index is -0.737. The number of hydrogen-bond acceptors (Lipinski definition) is 6. The fourth-order valence-electron chi connectivity index (χ4n) is 2.90. The van der Waals surface area contributed by atoms with Crippen LogP contribution in [0.1, 0.15) is 22.8 Å². The van der Waals surface area contributed by atoms with Crippen molar-refractivity contribution in [1.29, 1.82) is 0 Å². The maximum absolute atomic E-state index is 12.3. The molecule has 3 rings (SSSR count). The zero-order valence-electron chi connectivity index (χ0n) is 19.0. The summed E-state index contributed by atoms with van der Waals surface area (Å²) < 4.78 is 16.1. The van der Waals surface area contributed by atoms with Crippen LogP contribution in [0.3, 0.4) is 0 Å². The van der Waals surface area contributed by atoms with Crippen LogP contribution < -0.4 is 20.1 Å². The van der Waals surface area contributed by atoms with Gasteiger partial charge >= 0.3 is 5.97 Å². The van der Waals surface area contributed by atoms with E-state index in [1.54, 1.807) is 48.5 Å². The van der Waals surface area contributed by atoms with Crippen molar-refractivity contribution in [3.8, 4) is 17.2 Å². The molecule has 34 heavy (non-hydrogen) atoms. The molecule has 2 amide bonds. The van der Waals surface area contributed by atoms with Gasteiger partial charge in [0.15, 0.2) is 12.4 Å². The van der Waals surface area contributed by atoms with Gasteiger partial charge in [0.25, 0.3) is 11.8 Å². The van der Waals surface area contributed by atoms with E-state index < -0.39 is 24.4 Å². The van der Waals surface area contributed by atoms with Gasteiger partial charge in [0, 0.05) is 5.56 Å². The average molecular weight is 463 g/mol. The highest BCUT2D eigenvalue weighted by molar-refractivity contribution is 5.97. The van der Waals surface area contributed by atoms with E-state index >= 15 is 0 Å². The molecule has 0 aromatic heterocycles. The van der Waals surface area contributed by atoms with Gasteiger partial charge in [0.05, 0.1) is 12.3 Å². The van der Waals surface area contributed by atoms with Gasteiger partial charge in [0.1, 0.15) is 18.0 Å². The second kappa shape index (κ2) is 12.1. The van der Waals surface area contributed by atoms with Crippen molar-refractivity contribution in [1.82, 2.24) is 5.32 Å². The molecule has 0 radical (unpaired) electrons. The standard InChI is InChI=1S/C26H26N2O6/c1-3-32-20-14-10-19(11-15-20)26(31)27-16-25(30)33-17-24(29)28-22-6-4-5-7-23(22)34-21-12-8-18(2)9-13-21/h4-15H,3,16-17H2,1-2H3,(H,27,31)(H,28,29). The lowest BCUT2D eigenvalue weighted by Crippen LogP contribution is -2.32. The summed E-state index contributed by atoms with van der Waals surface area (Å²) >= 11 is 0. The van der Waals surface area contributed by atoms with E-state index in [1.807, 2.05) is 38.1 Å². The first-order valence-electron chi connectivity index (χ1n) is 10.7. The summed E-state index contributed by atoms with van der Waals surface area (Å²) in [5, 5.41) is 5.12. The predicted octanol–water partition coefficient (Wildman–Crippen LogP) is 4.10. The van der Waals surface area contributed by atoms with Crippen molar-refractivity contribution in [3.05, 3.63) is 83.9 Å². The van der Waals surface area contributed by atoms with Crippen molar-refractivity contribution in [2.24, 2.45) is 0 Å². The van der Waals surface area contributed by atoms with Crippen molar-refractivity contribution in [2.45, 2.75) is 13.8 Å². The molecule has 0 heterocycles. The Morgan fingerprint density at radius 1 is 0.853 bits per heavy atom. The van der Waals surface area contributed by atoms with Crippen molar-refractivity contribution in [3.63, 3.8) is 0 Å². The summed E-state index contributed by atoms with van der Waals surface area (Å²) in [6, 6.07) is 21.0. The first kappa shape index (κ1) is 24.3. The van der Waals surface area contributed by atoms with Crippen LogP contribution in [0.5, 0.6) is 17.2 Å². The number of nitrogens with one attached hydrogen (secondary N) is 2. The molecule has 0 unspecified atom stereocenters. The zero-order valence-corrected chi connectivity index (χ0v) is 19.0. The van der Waals surface area contributed by atoms with Gasteiger partial charge in [-0.15, -0.1) is 0 Å². The second-order valence-electron chi connectivity index (χ2n) is 7.26. The van der Waals surface area contributed by atoms with E-state index in [4.69, 9.17) is 14.2 Å². The molecule has 0 aliphatic carbocycles. The van der Waals surface area contributed by atoms with Gasteiger partial charge in [-0.2, -0.15) is 0 Å². The number of anilines is 1. The lowest BCUT2D eigenvalue weighted by Gasteiger charge is -2.12. The number of hydrogen-bond donors (Lipinski definition) is 2. The number of carbonyl (C=O) groups is 3. The molecule has 0 bridgehead atoms. The molecule has 8 heteroatoms. The first-order chi connectivity index (χ1) is 16.4. The summed E-state index contributed by atoms with van der Waals surface area (Å²) in [5.41, 5.74) is 1.92. The summed E-state index contributed by atoms with van der Waals surface area (Å²) in [5.74, 6) is 0.0161. The molecular formula is C26H26N2O6. The summed E-state index contributed by atoms with van der Waals surface area (Å²) in [6.07, 6.45) is 0. The zero-order chi connectivity index (χ0) is 24.3. The number of carbonyl (C=O) groups excluding carboxylic acids is 3. The maximum Gasteiger partial charge on any atom is 0.325 e. The van der Waals surface area contributed by atoms with Crippen LogP contribution in [0.2, 0.25) is 0 Å². The summed E-state index contributed by atoms with van der Waals surface area (Å²) in [7, 11) is 0. The molecule has 0 aliphatic heterocycles. The van der Waals surface area contributed by atoms with Crippen molar-refractivity contribution < 1.29 is 28.6 Å². The van der Waals surface area contributed by atoms with Crippen molar-refractivity contribution in [2.75, 3.05) is 25.1 Å². The molecule has 3 aromatic rings. The monoisotopic (exact) mass is 462 g/mol. The minimum absolute atomic E-state index is 0.369. The number of para-hydroxylation sites is 2. The van der Waals surface area contributed by atoms with Crippen LogP contribution in [0.15, 0.2) is 72.8 Å². The topological polar surface area (TPSA) is 103 Å². The van der Waals surface area contributed by atoms with Gasteiger partial charge in [-0.05, 0) is 62.4 Å². The molecule has 2 N–H and O–H groups in total. The highest BCUT2D eigenvalue weighted by Gasteiger charge is 2.13. The van der Waals surface area contributed by atoms with E-state index in [9.17, 15) is 14.4 Å². The Kier molecular flexibility index (Phi) is 8.62. The summed E-state index contributed by atoms with van der Waals surface area (Å²) in [4.78, 5) is 36.4. The molecule has 0 spiro atoms. The number of benzene rings is 3. The van der Waals surface area contributed by atoms with Gasteiger partial charge < -0.3 is 24.8 Å². The Hall–Kier alpha value is -4.33. The first-order valence-corrected chi connectivity index (χ1v) is 10.7. The van der Waals surface area contributed by atoms with E-state index in [0.29, 0.717) is 35.1 Å². The van der Waals surface area contributed by atoms with Gasteiger partial charge in [0.2, 0.25) is 0 Å². The fourth-order valence-corrected chi connectivity index (χ4v) is 2.90. The minimum Gasteiger partial charge on any atom is -0.494 e. The number of amides is 2. The largest absolute Gasteiger partial charge is 0.494 e. The Balaban J connectivity index is 1.45. The third kappa shape index (κ3) is 7.37. The average Bonchev–Trinajstić information content (AvgIpc) is 2.84. The van der Waals surface area contributed by atoms with E-state index in [0.717, 1.165) is 5.56 Å². The SMILES string of the molecule is CCOc1ccc(C(=O)NCC(=O)OCC(=O)Nc2ccccc2Oc2ccc(C)cc2)cc1. The van der Waals surface area contributed by atoms with Gasteiger partial charge in [-0.3, -0.25) is 14.4 Å². The lowest BCUT2D eigenvalue weighted by atomic mass is 10.2. The third-order valence-corrected chi connectivity index (χ3v) is 4.59. The maximum atomic E-state index is 12.3. The molecule has 8 nitrogen and oxygen atoms in total. The van der Waals surface area contributed by atoms with Crippen LogP contribution in [-0.4, -0.2) is 37.5 Å². The Labute approximate surface area is 197 Å². The van der Waals surface area contributed by atoms with E-state index in [2.05, 4.69) is 10.6 Å².